The minimum atomic E-state index is -0.0523. The molecule has 1 aliphatic rings. The number of allylic oxidation sites excluding steroid dienone is 1. The second kappa shape index (κ2) is 9.00. The summed E-state index contributed by atoms with van der Waals surface area (Å²) in [5.41, 5.74) is 8.35. The van der Waals surface area contributed by atoms with Crippen molar-refractivity contribution in [3.05, 3.63) is 113 Å². The quantitative estimate of drug-likeness (QED) is 0.415. The number of aromatic nitrogens is 1. The number of anilines is 1. The van der Waals surface area contributed by atoms with Gasteiger partial charge in [0.05, 0.1) is 5.52 Å². The fraction of sp³-hybridized carbons (Fsp3) is 0.172. The van der Waals surface area contributed by atoms with Crippen LogP contribution in [0.5, 0.6) is 0 Å². The molecule has 4 heteroatoms. The maximum atomic E-state index is 13.1. The van der Waals surface area contributed by atoms with Crippen LogP contribution < -0.4 is 5.32 Å². The number of pyridine rings is 1. The molecule has 0 unspecified atom stereocenters. The number of nitrogens with one attached hydrogen (secondary N) is 1. The third kappa shape index (κ3) is 4.43. The van der Waals surface area contributed by atoms with Gasteiger partial charge in [-0.25, -0.2) is 0 Å². The van der Waals surface area contributed by atoms with Crippen LogP contribution in [-0.2, 0) is 19.5 Å². The van der Waals surface area contributed by atoms with Crippen LogP contribution in [0, 0.1) is 0 Å². The standard InChI is InChI=1S/C29H27N3O/c1-20(2)21-10-12-24(13-11-21)31-29(33)27-8-5-6-22-18-32(17-15-25(22)27)19-23-14-16-30-28-9-4-3-7-26(23)28/h3-14,16H,1,15,17-19H2,2H3,(H,31,33). The van der Waals surface area contributed by atoms with Gasteiger partial charge in [0.1, 0.15) is 0 Å². The number of carbonyl (C=O) groups is 1. The number of nitrogens with zero attached hydrogens (tertiary/aromatic N) is 2. The van der Waals surface area contributed by atoms with Gasteiger partial charge in [-0.2, -0.15) is 0 Å². The van der Waals surface area contributed by atoms with E-state index in [9.17, 15) is 4.79 Å². The zero-order chi connectivity index (χ0) is 22.8. The lowest BCUT2D eigenvalue weighted by Crippen LogP contribution is -2.31. The summed E-state index contributed by atoms with van der Waals surface area (Å²) in [5, 5.41) is 4.26. The number of carbonyl (C=O) groups excluding carboxylic acids is 1. The van der Waals surface area contributed by atoms with Gasteiger partial charge in [-0.1, -0.05) is 54.6 Å². The van der Waals surface area contributed by atoms with Crippen molar-refractivity contribution in [2.45, 2.75) is 26.4 Å². The molecule has 2 heterocycles. The summed E-state index contributed by atoms with van der Waals surface area (Å²) in [5.74, 6) is -0.0523. The molecule has 164 valence electrons. The van der Waals surface area contributed by atoms with Crippen molar-refractivity contribution in [3.8, 4) is 0 Å². The Morgan fingerprint density at radius 2 is 1.85 bits per heavy atom. The molecule has 4 aromatic rings. The zero-order valence-electron chi connectivity index (χ0n) is 18.8. The molecule has 0 spiro atoms. The molecule has 0 fully saturated rings. The number of hydrogen-bond acceptors (Lipinski definition) is 3. The molecule has 0 saturated carbocycles. The number of fused-ring (bicyclic) bond motifs is 2. The molecule has 1 aromatic heterocycles. The minimum absolute atomic E-state index is 0.0523. The summed E-state index contributed by atoms with van der Waals surface area (Å²) in [7, 11) is 0. The Labute approximate surface area is 194 Å². The SMILES string of the molecule is C=C(C)c1ccc(NC(=O)c2cccc3c2CCN(Cc2ccnc4ccccc24)C3)cc1. The average molecular weight is 434 g/mol. The first-order valence-corrected chi connectivity index (χ1v) is 11.3. The van der Waals surface area contributed by atoms with Crippen LogP contribution in [0.15, 0.2) is 85.6 Å². The Bertz CT molecular complexity index is 1340. The number of benzene rings is 3. The van der Waals surface area contributed by atoms with Crippen molar-refractivity contribution >= 4 is 28.1 Å². The van der Waals surface area contributed by atoms with E-state index in [2.05, 4.69) is 52.1 Å². The van der Waals surface area contributed by atoms with Crippen molar-refractivity contribution in [1.29, 1.82) is 0 Å². The summed E-state index contributed by atoms with van der Waals surface area (Å²) in [4.78, 5) is 20.0. The first-order chi connectivity index (χ1) is 16.1. The van der Waals surface area contributed by atoms with Gasteiger partial charge in [-0.15, -0.1) is 0 Å². The van der Waals surface area contributed by atoms with Crippen LogP contribution in [0.3, 0.4) is 0 Å². The van der Waals surface area contributed by atoms with Gasteiger partial charge in [-0.05, 0) is 65.9 Å². The molecule has 1 N–H and O–H groups in total. The van der Waals surface area contributed by atoms with Crippen LogP contribution in [0.2, 0.25) is 0 Å². The van der Waals surface area contributed by atoms with Gasteiger partial charge in [0.25, 0.3) is 5.91 Å². The zero-order valence-corrected chi connectivity index (χ0v) is 18.8. The van der Waals surface area contributed by atoms with Crippen LogP contribution in [-0.4, -0.2) is 22.3 Å². The maximum absolute atomic E-state index is 13.1. The Balaban J connectivity index is 1.33. The van der Waals surface area contributed by atoms with E-state index in [-0.39, 0.29) is 5.91 Å². The minimum Gasteiger partial charge on any atom is -0.322 e. The highest BCUT2D eigenvalue weighted by atomic mass is 16.1. The Morgan fingerprint density at radius 3 is 2.67 bits per heavy atom. The average Bonchev–Trinajstić information content (AvgIpc) is 2.84. The Hall–Kier alpha value is -3.76. The van der Waals surface area contributed by atoms with E-state index in [0.717, 1.165) is 59.5 Å². The summed E-state index contributed by atoms with van der Waals surface area (Å²) < 4.78 is 0. The number of amides is 1. The van der Waals surface area contributed by atoms with Gasteiger partial charge in [0, 0.05) is 42.5 Å². The van der Waals surface area contributed by atoms with E-state index in [4.69, 9.17) is 0 Å². The molecule has 5 rings (SSSR count). The number of rotatable bonds is 5. The predicted molar refractivity (Wildman–Crippen MR) is 135 cm³/mol. The van der Waals surface area contributed by atoms with Gasteiger partial charge < -0.3 is 5.32 Å². The molecule has 0 aliphatic carbocycles. The lowest BCUT2D eigenvalue weighted by atomic mass is 9.93. The van der Waals surface area contributed by atoms with Crippen molar-refractivity contribution < 1.29 is 4.79 Å². The van der Waals surface area contributed by atoms with Crippen molar-refractivity contribution in [2.75, 3.05) is 11.9 Å². The van der Waals surface area contributed by atoms with Crippen molar-refractivity contribution in [1.82, 2.24) is 9.88 Å². The van der Waals surface area contributed by atoms with E-state index in [1.165, 1.54) is 16.5 Å². The lowest BCUT2D eigenvalue weighted by Gasteiger charge is -2.30. The first-order valence-electron chi connectivity index (χ1n) is 11.3. The molecule has 1 aliphatic heterocycles. The first kappa shape index (κ1) is 21.1. The molecule has 33 heavy (non-hydrogen) atoms. The van der Waals surface area contributed by atoms with Crippen molar-refractivity contribution in [2.24, 2.45) is 0 Å². The normalized spacial score (nSPS) is 13.5. The smallest absolute Gasteiger partial charge is 0.255 e. The van der Waals surface area contributed by atoms with E-state index in [0.29, 0.717) is 0 Å². The van der Waals surface area contributed by atoms with E-state index in [1.54, 1.807) is 0 Å². The van der Waals surface area contributed by atoms with Crippen LogP contribution in [0.4, 0.5) is 5.69 Å². The highest BCUT2D eigenvalue weighted by molar-refractivity contribution is 6.05. The Kier molecular flexibility index (Phi) is 5.76. The fourth-order valence-electron chi connectivity index (χ4n) is 4.59. The van der Waals surface area contributed by atoms with Gasteiger partial charge in [0.2, 0.25) is 0 Å². The van der Waals surface area contributed by atoms with E-state index in [1.807, 2.05) is 55.6 Å². The number of para-hydroxylation sites is 1. The predicted octanol–water partition coefficient (Wildman–Crippen LogP) is 6.08. The lowest BCUT2D eigenvalue weighted by molar-refractivity contribution is 0.102. The maximum Gasteiger partial charge on any atom is 0.255 e. The van der Waals surface area contributed by atoms with Crippen LogP contribution in [0.25, 0.3) is 16.5 Å². The summed E-state index contributed by atoms with van der Waals surface area (Å²) in [6, 6.07) is 24.3. The van der Waals surface area contributed by atoms with Gasteiger partial charge in [0.15, 0.2) is 0 Å². The molecular weight excluding hydrogens is 406 g/mol. The molecule has 0 atom stereocenters. The van der Waals surface area contributed by atoms with Crippen LogP contribution >= 0.6 is 0 Å². The third-order valence-corrected chi connectivity index (χ3v) is 6.36. The molecule has 4 nitrogen and oxygen atoms in total. The summed E-state index contributed by atoms with van der Waals surface area (Å²) >= 11 is 0. The molecule has 0 radical (unpaired) electrons. The molecule has 0 saturated heterocycles. The second-order valence-corrected chi connectivity index (χ2v) is 8.70. The van der Waals surface area contributed by atoms with E-state index < -0.39 is 0 Å². The molecule has 1 amide bonds. The summed E-state index contributed by atoms with van der Waals surface area (Å²) in [6.07, 6.45) is 2.75. The van der Waals surface area contributed by atoms with Crippen LogP contribution in [0.1, 0.15) is 39.5 Å². The van der Waals surface area contributed by atoms with Crippen molar-refractivity contribution in [3.63, 3.8) is 0 Å². The van der Waals surface area contributed by atoms with Gasteiger partial charge >= 0.3 is 0 Å². The Morgan fingerprint density at radius 1 is 1.03 bits per heavy atom. The molecular formula is C29H27N3O. The molecule has 0 bridgehead atoms. The summed E-state index contributed by atoms with van der Waals surface area (Å²) in [6.45, 7) is 8.56. The fourth-order valence-corrected chi connectivity index (χ4v) is 4.59. The highest BCUT2D eigenvalue weighted by Gasteiger charge is 2.22. The third-order valence-electron chi connectivity index (χ3n) is 6.36. The highest BCUT2D eigenvalue weighted by Crippen LogP contribution is 2.26. The second-order valence-electron chi connectivity index (χ2n) is 8.70. The monoisotopic (exact) mass is 433 g/mol. The topological polar surface area (TPSA) is 45.2 Å². The molecule has 3 aromatic carbocycles. The van der Waals surface area contributed by atoms with E-state index >= 15 is 0 Å². The largest absolute Gasteiger partial charge is 0.322 e. The van der Waals surface area contributed by atoms with Gasteiger partial charge in [-0.3, -0.25) is 14.7 Å². The number of hydrogen-bond donors (Lipinski definition) is 1.